The summed E-state index contributed by atoms with van der Waals surface area (Å²) in [6.45, 7) is 10.2. The van der Waals surface area contributed by atoms with Crippen LogP contribution in [0.3, 0.4) is 0 Å². The third-order valence-electron chi connectivity index (χ3n) is 4.86. The molecule has 0 atom stereocenters. The van der Waals surface area contributed by atoms with E-state index in [0.717, 1.165) is 6.42 Å². The molecule has 4 nitrogen and oxygen atoms in total. The molecule has 0 aromatic carbocycles. The molecule has 0 bridgehead atoms. The fraction of sp³-hybridized carbons (Fsp3) is 0.667. The highest BCUT2D eigenvalue weighted by atomic mass is 16.7. The van der Waals surface area contributed by atoms with Gasteiger partial charge in [0.05, 0.1) is 17.1 Å². The normalized spacial score (nSPS) is 34.5. The largest absolute Gasteiger partial charge is 0.472 e. The topological polar surface area (TPSA) is 61.6 Å². The highest BCUT2D eigenvalue weighted by Crippen LogP contribution is 2.49. The monoisotopic (exact) mass is 277 g/mol. The fourth-order valence-electron chi connectivity index (χ4n) is 2.50. The number of hydrogen-bond acceptors (Lipinski definition) is 3. The van der Waals surface area contributed by atoms with Crippen molar-refractivity contribution in [2.24, 2.45) is 11.7 Å². The van der Waals surface area contributed by atoms with Gasteiger partial charge >= 0.3 is 7.12 Å². The van der Waals surface area contributed by atoms with E-state index in [1.807, 2.05) is 52.0 Å². The Morgan fingerprint density at radius 1 is 1.15 bits per heavy atom. The first kappa shape index (κ1) is 15.3. The van der Waals surface area contributed by atoms with Crippen LogP contribution in [0.1, 0.15) is 41.0 Å². The molecule has 0 aromatic heterocycles. The Bertz CT molecular complexity index is 438. The molecule has 1 heterocycles. The predicted octanol–water partition coefficient (Wildman–Crippen LogP) is 2.46. The summed E-state index contributed by atoms with van der Waals surface area (Å²) in [4.78, 5) is 11.2. The van der Waals surface area contributed by atoms with Gasteiger partial charge in [-0.1, -0.05) is 31.2 Å². The number of nitrogens with two attached hydrogens (primary N) is 1. The van der Waals surface area contributed by atoms with Crippen molar-refractivity contribution in [1.29, 1.82) is 0 Å². The van der Waals surface area contributed by atoms with Gasteiger partial charge in [-0.25, -0.2) is 0 Å². The minimum absolute atomic E-state index is 0.336. The van der Waals surface area contributed by atoms with Crippen LogP contribution < -0.4 is 5.73 Å². The maximum atomic E-state index is 11.2. The highest BCUT2D eigenvalue weighted by Gasteiger charge is 2.57. The van der Waals surface area contributed by atoms with Gasteiger partial charge in [0.15, 0.2) is 0 Å². The van der Waals surface area contributed by atoms with Gasteiger partial charge in [0, 0.05) is 5.31 Å². The van der Waals surface area contributed by atoms with E-state index in [0.29, 0.717) is 0 Å². The Balaban J connectivity index is 2.26. The first-order chi connectivity index (χ1) is 9.13. The first-order valence-electron chi connectivity index (χ1n) is 7.17. The van der Waals surface area contributed by atoms with Crippen LogP contribution in [0.15, 0.2) is 24.3 Å². The van der Waals surface area contributed by atoms with Crippen LogP contribution in [-0.2, 0) is 14.1 Å². The van der Waals surface area contributed by atoms with Crippen LogP contribution in [0, 0.1) is 5.92 Å². The molecule has 0 saturated carbocycles. The van der Waals surface area contributed by atoms with E-state index >= 15 is 0 Å². The molecular weight excluding hydrogens is 253 g/mol. The molecule has 1 saturated heterocycles. The smallest absolute Gasteiger partial charge is 0.402 e. The van der Waals surface area contributed by atoms with Crippen molar-refractivity contribution in [2.75, 3.05) is 0 Å². The first-order valence-corrected chi connectivity index (χ1v) is 7.17. The molecule has 0 aromatic rings. The molecule has 1 aliphatic heterocycles. The summed E-state index contributed by atoms with van der Waals surface area (Å²) >= 11 is 0. The number of amides is 1. The lowest BCUT2D eigenvalue weighted by Gasteiger charge is -2.32. The Morgan fingerprint density at radius 3 is 1.95 bits per heavy atom. The molecule has 20 heavy (non-hydrogen) atoms. The second-order valence-corrected chi connectivity index (χ2v) is 6.70. The molecule has 110 valence electrons. The molecule has 1 amide bonds. The van der Waals surface area contributed by atoms with Gasteiger partial charge < -0.3 is 15.0 Å². The third-order valence-corrected chi connectivity index (χ3v) is 4.86. The zero-order valence-corrected chi connectivity index (χ0v) is 13.0. The van der Waals surface area contributed by atoms with Gasteiger partial charge in [0.25, 0.3) is 0 Å². The van der Waals surface area contributed by atoms with E-state index in [-0.39, 0.29) is 35.5 Å². The summed E-state index contributed by atoms with van der Waals surface area (Å²) in [5.41, 5.74) is 4.61. The average molecular weight is 277 g/mol. The second-order valence-electron chi connectivity index (χ2n) is 6.70. The Labute approximate surface area is 121 Å². The summed E-state index contributed by atoms with van der Waals surface area (Å²) in [7, 11) is -0.348. The lowest BCUT2D eigenvalue weighted by molar-refractivity contribution is -0.119. The minimum Gasteiger partial charge on any atom is -0.402 e. The Hall–Kier alpha value is -1.07. The lowest BCUT2D eigenvalue weighted by Crippen LogP contribution is -2.41. The van der Waals surface area contributed by atoms with Crippen molar-refractivity contribution in [3.05, 3.63) is 24.3 Å². The number of allylic oxidation sites excluding steroid dienone is 2. The van der Waals surface area contributed by atoms with Crippen molar-refractivity contribution >= 4 is 13.0 Å². The summed E-state index contributed by atoms with van der Waals surface area (Å²) in [6, 6.07) is 0. The zero-order chi connectivity index (χ0) is 15.2. The maximum absolute atomic E-state index is 11.2. The number of carbonyl (C=O) groups excluding carboxylic acids is 1. The van der Waals surface area contributed by atoms with Crippen molar-refractivity contribution in [2.45, 2.75) is 57.6 Å². The molecule has 1 fully saturated rings. The minimum atomic E-state index is -0.359. The lowest BCUT2D eigenvalue weighted by atomic mass is 9.54. The fourth-order valence-corrected chi connectivity index (χ4v) is 2.50. The average Bonchev–Trinajstić information content (AvgIpc) is 2.59. The zero-order valence-electron chi connectivity index (χ0n) is 13.0. The van der Waals surface area contributed by atoms with Gasteiger partial charge in [-0.3, -0.25) is 4.79 Å². The van der Waals surface area contributed by atoms with Crippen molar-refractivity contribution < 1.29 is 14.1 Å². The molecule has 0 radical (unpaired) electrons. The van der Waals surface area contributed by atoms with E-state index < -0.39 is 0 Å². The molecule has 2 aliphatic rings. The number of hydrogen-bond donors (Lipinski definition) is 1. The van der Waals surface area contributed by atoms with Crippen LogP contribution in [0.25, 0.3) is 0 Å². The second kappa shape index (κ2) is 4.74. The molecule has 0 spiro atoms. The maximum Gasteiger partial charge on any atom is 0.472 e. The number of primary amides is 1. The SMILES string of the molecule is CCC1(B2OC(C)(C)C(C)(C)O2)C=CC(C(N)=O)C=C1. The van der Waals surface area contributed by atoms with E-state index in [4.69, 9.17) is 15.0 Å². The number of carbonyl (C=O) groups is 1. The third kappa shape index (κ3) is 2.33. The van der Waals surface area contributed by atoms with Gasteiger partial charge in [-0.15, -0.1) is 0 Å². The van der Waals surface area contributed by atoms with Gasteiger partial charge in [-0.2, -0.15) is 0 Å². The summed E-state index contributed by atoms with van der Waals surface area (Å²) in [6.07, 6.45) is 8.53. The van der Waals surface area contributed by atoms with Crippen LogP contribution in [-0.4, -0.2) is 24.2 Å². The quantitative estimate of drug-likeness (QED) is 0.636. The summed E-state index contributed by atoms with van der Waals surface area (Å²) in [5, 5.41) is -0.336. The molecule has 0 unspecified atom stereocenters. The van der Waals surface area contributed by atoms with E-state index in [2.05, 4.69) is 6.92 Å². The van der Waals surface area contributed by atoms with Crippen LogP contribution in [0.5, 0.6) is 0 Å². The van der Waals surface area contributed by atoms with Crippen molar-refractivity contribution in [1.82, 2.24) is 0 Å². The van der Waals surface area contributed by atoms with Gasteiger partial charge in [-0.05, 0) is 34.1 Å². The Morgan fingerprint density at radius 2 is 1.60 bits per heavy atom. The van der Waals surface area contributed by atoms with Gasteiger partial charge in [0.1, 0.15) is 0 Å². The molecule has 1 aliphatic carbocycles. The molecule has 2 rings (SSSR count). The van der Waals surface area contributed by atoms with Crippen LogP contribution in [0.4, 0.5) is 0 Å². The van der Waals surface area contributed by atoms with E-state index in [1.54, 1.807) is 0 Å². The molecule has 2 N–H and O–H groups in total. The van der Waals surface area contributed by atoms with Crippen LogP contribution >= 0.6 is 0 Å². The van der Waals surface area contributed by atoms with Crippen molar-refractivity contribution in [3.8, 4) is 0 Å². The standard InChI is InChI=1S/C15H24BNO3/c1-6-15(9-7-11(8-10-15)12(17)18)16-19-13(2,3)14(4,5)20-16/h7-11H,6H2,1-5H3,(H2,17,18). The Kier molecular flexibility index (Phi) is 3.63. The van der Waals surface area contributed by atoms with Crippen molar-refractivity contribution in [3.63, 3.8) is 0 Å². The summed E-state index contributed by atoms with van der Waals surface area (Å²) in [5.74, 6) is -0.673. The van der Waals surface area contributed by atoms with E-state index in [1.165, 1.54) is 0 Å². The molecular formula is C15H24BNO3. The van der Waals surface area contributed by atoms with Gasteiger partial charge in [0.2, 0.25) is 5.91 Å². The van der Waals surface area contributed by atoms with E-state index in [9.17, 15) is 4.79 Å². The molecule has 5 heteroatoms. The number of rotatable bonds is 3. The summed E-state index contributed by atoms with van der Waals surface area (Å²) < 4.78 is 12.3. The highest BCUT2D eigenvalue weighted by molar-refractivity contribution is 6.51. The van der Waals surface area contributed by atoms with Crippen LogP contribution in [0.2, 0.25) is 5.31 Å². The predicted molar refractivity (Wildman–Crippen MR) is 80.0 cm³/mol.